The highest BCUT2D eigenvalue weighted by atomic mass is 16.7. The van der Waals surface area contributed by atoms with E-state index in [9.17, 15) is 10.0 Å². The third kappa shape index (κ3) is 4.22. The molecule has 8 heteroatoms. The van der Waals surface area contributed by atoms with E-state index in [2.05, 4.69) is 15.3 Å². The highest BCUT2D eigenvalue weighted by Gasteiger charge is 2.33. The quantitative estimate of drug-likeness (QED) is 0.349. The number of carbonyl (C=O) groups is 1. The average Bonchev–Trinajstić information content (AvgIpc) is 2.83. The van der Waals surface area contributed by atoms with Crippen LogP contribution in [0.1, 0.15) is 34.1 Å². The topological polar surface area (TPSA) is 89.2 Å². The predicted molar refractivity (Wildman–Crippen MR) is 71.5 cm³/mol. The predicted octanol–water partition coefficient (Wildman–Crippen LogP) is 0.819. The summed E-state index contributed by atoms with van der Waals surface area (Å²) in [4.78, 5) is 17.0. The van der Waals surface area contributed by atoms with E-state index in [1.165, 1.54) is 12.1 Å². The van der Waals surface area contributed by atoms with E-state index in [0.717, 1.165) is 0 Å². The van der Waals surface area contributed by atoms with E-state index < -0.39 is 6.04 Å². The summed E-state index contributed by atoms with van der Waals surface area (Å²) in [5.41, 5.74) is -0.341. The first-order valence-electron chi connectivity index (χ1n) is 6.72. The summed E-state index contributed by atoms with van der Waals surface area (Å²) in [7, 11) is 1.34. The van der Waals surface area contributed by atoms with Crippen LogP contribution in [0.5, 0.6) is 0 Å². The average molecular weight is 288 g/mol. The molecule has 1 saturated heterocycles. The smallest absolute Gasteiger partial charge is 0.323 e. The van der Waals surface area contributed by atoms with Crippen molar-refractivity contribution < 1.29 is 19.3 Å². The second kappa shape index (κ2) is 6.74. The molecule has 0 radical (unpaired) electrons. The molecule has 0 bridgehead atoms. The summed E-state index contributed by atoms with van der Waals surface area (Å²) in [6.07, 6.45) is 0.125. The number of nitrogens with zero attached hydrogens (tertiary/aromatic N) is 3. The molecule has 0 amide bonds. The fourth-order valence-electron chi connectivity index (χ4n) is 2.11. The molecule has 1 N–H and O–H groups in total. The van der Waals surface area contributed by atoms with E-state index in [1.54, 1.807) is 0 Å². The Hall–Kier alpha value is -1.57. The van der Waals surface area contributed by atoms with Crippen LogP contribution in [-0.2, 0) is 14.4 Å². The highest BCUT2D eigenvalue weighted by Crippen LogP contribution is 2.15. The monoisotopic (exact) mass is 288 g/mol. The molecule has 1 heterocycles. The van der Waals surface area contributed by atoms with Crippen molar-refractivity contribution in [1.82, 2.24) is 10.3 Å². The second-order valence-corrected chi connectivity index (χ2v) is 5.67. The standard InChI is InChI=1S/C12H24N4O4/c1-6-15(12(2,3)4)16(18)14-20-9-7-10(13-8-9)11(17)19-5/h9-10,13H,6-8H2,1-5H3/b16-14-/t9-,10+/m1/s1. The molecule has 0 aromatic heterocycles. The SMILES string of the molecule is CCN(/[N+]([O-])=N/O[C@H]1CN[C@H](C(=O)OC)C1)C(C)(C)C. The Kier molecular flexibility index (Phi) is 5.55. The summed E-state index contributed by atoms with van der Waals surface area (Å²) in [5, 5.41) is 20.0. The lowest BCUT2D eigenvalue weighted by atomic mass is 10.1. The number of methoxy groups -OCH3 is 1. The number of rotatable bonds is 5. The largest absolute Gasteiger partial charge is 0.569 e. The lowest BCUT2D eigenvalue weighted by Gasteiger charge is -2.29. The highest BCUT2D eigenvalue weighted by molar-refractivity contribution is 5.76. The van der Waals surface area contributed by atoms with E-state index in [-0.39, 0.29) is 17.6 Å². The number of ether oxygens (including phenoxy) is 1. The number of hydrogen-bond donors (Lipinski definition) is 1. The summed E-state index contributed by atoms with van der Waals surface area (Å²) in [6.45, 7) is 8.60. The van der Waals surface area contributed by atoms with Gasteiger partial charge in [-0.15, -0.1) is 5.01 Å². The molecule has 0 spiro atoms. The fourth-order valence-corrected chi connectivity index (χ4v) is 2.11. The Morgan fingerprint density at radius 2 is 2.20 bits per heavy atom. The van der Waals surface area contributed by atoms with Crippen LogP contribution in [0.4, 0.5) is 0 Å². The zero-order chi connectivity index (χ0) is 15.3. The molecule has 116 valence electrons. The molecule has 2 atom stereocenters. The lowest BCUT2D eigenvalue weighted by Crippen LogP contribution is -2.45. The molecule has 0 aromatic rings. The third-order valence-corrected chi connectivity index (χ3v) is 3.12. The molecule has 0 saturated carbocycles. The fraction of sp³-hybridized carbons (Fsp3) is 0.917. The molecule has 0 aromatic carbocycles. The minimum Gasteiger partial charge on any atom is -0.569 e. The Morgan fingerprint density at radius 3 is 2.70 bits per heavy atom. The van der Waals surface area contributed by atoms with E-state index in [0.29, 0.717) is 24.5 Å². The van der Waals surface area contributed by atoms with E-state index >= 15 is 0 Å². The van der Waals surface area contributed by atoms with Crippen molar-refractivity contribution in [2.24, 2.45) is 5.28 Å². The van der Waals surface area contributed by atoms with Crippen molar-refractivity contribution in [2.75, 3.05) is 20.2 Å². The first-order chi connectivity index (χ1) is 9.29. The van der Waals surface area contributed by atoms with Crippen LogP contribution in [0.25, 0.3) is 0 Å². The van der Waals surface area contributed by atoms with Gasteiger partial charge in [0.05, 0.1) is 24.2 Å². The van der Waals surface area contributed by atoms with Crippen LogP contribution in [0.15, 0.2) is 5.28 Å². The minimum atomic E-state index is -0.398. The maximum atomic E-state index is 11.9. The van der Waals surface area contributed by atoms with Crippen molar-refractivity contribution in [2.45, 2.75) is 51.8 Å². The van der Waals surface area contributed by atoms with Crippen LogP contribution < -0.4 is 5.32 Å². The Labute approximate surface area is 119 Å². The Balaban J connectivity index is 2.54. The lowest BCUT2D eigenvalue weighted by molar-refractivity contribution is -0.725. The van der Waals surface area contributed by atoms with Crippen LogP contribution in [0, 0.1) is 5.21 Å². The zero-order valence-electron chi connectivity index (χ0n) is 12.8. The Morgan fingerprint density at radius 1 is 1.55 bits per heavy atom. The second-order valence-electron chi connectivity index (χ2n) is 5.67. The van der Waals surface area contributed by atoms with Gasteiger partial charge in [-0.05, 0) is 27.7 Å². The zero-order valence-corrected chi connectivity index (χ0v) is 12.8. The van der Waals surface area contributed by atoms with Crippen molar-refractivity contribution in [3.63, 3.8) is 0 Å². The van der Waals surface area contributed by atoms with Gasteiger partial charge in [0.1, 0.15) is 12.1 Å². The molecule has 1 aliphatic heterocycles. The molecule has 1 aliphatic rings. The van der Waals surface area contributed by atoms with E-state index in [4.69, 9.17) is 4.84 Å². The molecule has 20 heavy (non-hydrogen) atoms. The molecular formula is C12H24N4O4. The summed E-state index contributed by atoms with van der Waals surface area (Å²) < 4.78 is 4.64. The number of hydrazine groups is 1. The van der Waals surface area contributed by atoms with Gasteiger partial charge >= 0.3 is 5.97 Å². The van der Waals surface area contributed by atoms with Crippen molar-refractivity contribution >= 4 is 5.97 Å². The summed E-state index contributed by atoms with van der Waals surface area (Å²) in [5.74, 6) is -0.333. The van der Waals surface area contributed by atoms with Gasteiger partial charge in [0.25, 0.3) is 0 Å². The molecule has 0 aliphatic carbocycles. The Bertz CT molecular complexity index is 367. The van der Waals surface area contributed by atoms with Crippen LogP contribution in [-0.4, -0.2) is 53.8 Å². The van der Waals surface area contributed by atoms with Gasteiger partial charge in [0.15, 0.2) is 0 Å². The van der Waals surface area contributed by atoms with Crippen molar-refractivity contribution in [3.05, 3.63) is 5.21 Å². The van der Waals surface area contributed by atoms with E-state index in [1.807, 2.05) is 27.7 Å². The van der Waals surface area contributed by atoms with Gasteiger partial charge in [-0.2, -0.15) is 0 Å². The number of hydrogen-bond acceptors (Lipinski definition) is 6. The maximum absolute atomic E-state index is 11.9. The molecule has 8 nitrogen and oxygen atoms in total. The van der Waals surface area contributed by atoms with Crippen molar-refractivity contribution in [1.29, 1.82) is 0 Å². The van der Waals surface area contributed by atoms with Gasteiger partial charge < -0.3 is 20.1 Å². The molecule has 0 unspecified atom stereocenters. The van der Waals surface area contributed by atoms with Gasteiger partial charge in [0, 0.05) is 13.0 Å². The van der Waals surface area contributed by atoms with Crippen LogP contribution >= 0.6 is 0 Å². The maximum Gasteiger partial charge on any atom is 0.323 e. The van der Waals surface area contributed by atoms with Gasteiger partial charge in [0.2, 0.25) is 5.28 Å². The van der Waals surface area contributed by atoms with Crippen LogP contribution in [0.2, 0.25) is 0 Å². The molecule has 1 fully saturated rings. The van der Waals surface area contributed by atoms with Crippen LogP contribution in [0.3, 0.4) is 0 Å². The first kappa shape index (κ1) is 16.5. The van der Waals surface area contributed by atoms with Gasteiger partial charge in [-0.25, -0.2) is 0 Å². The number of carbonyl (C=O) groups excluding carboxylic acids is 1. The summed E-state index contributed by atoms with van der Waals surface area (Å²) >= 11 is 0. The van der Waals surface area contributed by atoms with Gasteiger partial charge in [-0.1, -0.05) is 0 Å². The first-order valence-corrected chi connectivity index (χ1v) is 6.72. The molecule has 1 rings (SSSR count). The normalized spacial score (nSPS) is 23.6. The number of esters is 1. The molecular weight excluding hydrogens is 264 g/mol. The minimum absolute atomic E-state index is 0.311. The van der Waals surface area contributed by atoms with Crippen molar-refractivity contribution in [3.8, 4) is 0 Å². The van der Waals surface area contributed by atoms with Gasteiger partial charge in [-0.3, -0.25) is 4.79 Å². The number of nitrogens with one attached hydrogen (secondary N) is 1. The third-order valence-electron chi connectivity index (χ3n) is 3.12. The summed E-state index contributed by atoms with van der Waals surface area (Å²) in [6, 6.07) is -0.398.